The lowest BCUT2D eigenvalue weighted by Crippen LogP contribution is -2.23. The van der Waals surface area contributed by atoms with E-state index in [0.29, 0.717) is 5.56 Å². The molecule has 0 atom stereocenters. The molecule has 19 heavy (non-hydrogen) atoms. The minimum atomic E-state index is -1.75. The summed E-state index contributed by atoms with van der Waals surface area (Å²) in [5.74, 6) is -1.76. The summed E-state index contributed by atoms with van der Waals surface area (Å²) in [6, 6.07) is 10.8. The predicted octanol–water partition coefficient (Wildman–Crippen LogP) is 0.626. The highest BCUT2D eigenvalue weighted by molar-refractivity contribution is 6.46. The van der Waals surface area contributed by atoms with Crippen molar-refractivity contribution in [2.24, 2.45) is 0 Å². The summed E-state index contributed by atoms with van der Waals surface area (Å²) in [5.41, 5.74) is 1.33. The van der Waals surface area contributed by atoms with E-state index in [1.807, 2.05) is 0 Å². The van der Waals surface area contributed by atoms with Crippen molar-refractivity contribution < 1.29 is 23.4 Å². The smallest absolute Gasteiger partial charge is 0.256 e. The van der Waals surface area contributed by atoms with Gasteiger partial charge in [-0.05, 0) is 28.4 Å². The molecule has 0 unspecified atom stereocenters. The van der Waals surface area contributed by atoms with Gasteiger partial charge in [-0.15, -0.1) is 0 Å². The fraction of sp³-hybridized carbons (Fsp3) is 0.0769. The van der Waals surface area contributed by atoms with Gasteiger partial charge in [0, 0.05) is 0 Å². The number of aliphatic hydroxyl groups excluding tert-OH is 1. The Hall–Kier alpha value is -1.60. The van der Waals surface area contributed by atoms with E-state index in [-0.39, 0.29) is 0 Å². The Kier molecular flexibility index (Phi) is 4.38. The fourth-order valence-corrected chi connectivity index (χ4v) is 2.41. The topological polar surface area (TPSA) is 49.7 Å². The SMILES string of the molecule is OC(O)O[SiH2]c1ccc(-c2ccc(F)c(F)c2)cc1. The Labute approximate surface area is 111 Å². The molecule has 0 aliphatic heterocycles. The van der Waals surface area contributed by atoms with Crippen molar-refractivity contribution >= 4 is 14.9 Å². The van der Waals surface area contributed by atoms with Crippen LogP contribution in [0.5, 0.6) is 0 Å². The summed E-state index contributed by atoms with van der Waals surface area (Å²) in [5, 5.41) is 18.1. The molecule has 0 heterocycles. The molecular formula is C13H12F2O3Si. The van der Waals surface area contributed by atoms with E-state index < -0.39 is 27.9 Å². The van der Waals surface area contributed by atoms with E-state index in [1.54, 1.807) is 24.3 Å². The van der Waals surface area contributed by atoms with Crippen LogP contribution >= 0.6 is 0 Å². The van der Waals surface area contributed by atoms with E-state index in [4.69, 9.17) is 14.6 Å². The van der Waals surface area contributed by atoms with Gasteiger partial charge in [0.2, 0.25) is 0 Å². The highest BCUT2D eigenvalue weighted by Gasteiger charge is 2.05. The molecule has 2 N–H and O–H groups in total. The van der Waals surface area contributed by atoms with E-state index in [0.717, 1.165) is 22.9 Å². The maximum Gasteiger partial charge on any atom is 0.256 e. The van der Waals surface area contributed by atoms with Crippen molar-refractivity contribution in [3.8, 4) is 11.1 Å². The van der Waals surface area contributed by atoms with E-state index in [2.05, 4.69) is 0 Å². The summed E-state index contributed by atoms with van der Waals surface area (Å²) in [7, 11) is -1.20. The molecule has 0 radical (unpaired) electrons. The monoisotopic (exact) mass is 282 g/mol. The minimum absolute atomic E-state index is 0.579. The number of aliphatic hydroxyl groups is 2. The van der Waals surface area contributed by atoms with Crippen LogP contribution in [0.25, 0.3) is 11.1 Å². The van der Waals surface area contributed by atoms with Crippen molar-refractivity contribution in [3.05, 3.63) is 54.1 Å². The van der Waals surface area contributed by atoms with Gasteiger partial charge in [-0.2, -0.15) is 0 Å². The molecule has 0 fully saturated rings. The second-order valence-corrected chi connectivity index (χ2v) is 5.40. The molecule has 100 valence electrons. The number of halogens is 2. The van der Waals surface area contributed by atoms with Crippen molar-refractivity contribution in [3.63, 3.8) is 0 Å². The average molecular weight is 282 g/mol. The van der Waals surface area contributed by atoms with E-state index in [9.17, 15) is 8.78 Å². The molecule has 0 aliphatic carbocycles. The second-order valence-electron chi connectivity index (χ2n) is 3.96. The zero-order valence-electron chi connectivity index (χ0n) is 9.88. The molecule has 2 aromatic rings. The van der Waals surface area contributed by atoms with Crippen LogP contribution in [0.2, 0.25) is 0 Å². The predicted molar refractivity (Wildman–Crippen MR) is 69.3 cm³/mol. The van der Waals surface area contributed by atoms with Crippen LogP contribution in [-0.4, -0.2) is 26.5 Å². The maximum atomic E-state index is 13.1. The lowest BCUT2D eigenvalue weighted by atomic mass is 10.1. The Morgan fingerprint density at radius 2 is 1.53 bits per heavy atom. The van der Waals surface area contributed by atoms with Crippen LogP contribution < -0.4 is 5.19 Å². The van der Waals surface area contributed by atoms with Gasteiger partial charge < -0.3 is 14.6 Å². The van der Waals surface area contributed by atoms with Crippen LogP contribution in [0.4, 0.5) is 8.78 Å². The van der Waals surface area contributed by atoms with Crippen molar-refractivity contribution in [2.45, 2.75) is 6.48 Å². The molecule has 2 rings (SSSR count). The molecule has 0 saturated carbocycles. The molecule has 0 aromatic heterocycles. The lowest BCUT2D eigenvalue weighted by molar-refractivity contribution is -0.179. The van der Waals surface area contributed by atoms with Crippen LogP contribution in [0, 0.1) is 11.6 Å². The fourth-order valence-electron chi connectivity index (χ4n) is 1.64. The van der Waals surface area contributed by atoms with Crippen molar-refractivity contribution in [1.29, 1.82) is 0 Å². The number of hydrogen-bond acceptors (Lipinski definition) is 3. The zero-order valence-corrected chi connectivity index (χ0v) is 11.3. The summed E-state index contributed by atoms with van der Waals surface area (Å²) in [6.07, 6.45) is 0. The first-order valence-electron chi connectivity index (χ1n) is 5.58. The van der Waals surface area contributed by atoms with Gasteiger partial charge in [0.25, 0.3) is 6.48 Å². The average Bonchev–Trinajstić information content (AvgIpc) is 2.40. The maximum absolute atomic E-state index is 13.1. The normalized spacial score (nSPS) is 11.6. The van der Waals surface area contributed by atoms with E-state index in [1.165, 1.54) is 6.07 Å². The molecule has 0 aliphatic rings. The first-order valence-corrected chi connectivity index (χ1v) is 6.87. The van der Waals surface area contributed by atoms with Crippen LogP contribution in [0.15, 0.2) is 42.5 Å². The Morgan fingerprint density at radius 1 is 0.895 bits per heavy atom. The first kappa shape index (κ1) is 13.8. The van der Waals surface area contributed by atoms with Gasteiger partial charge >= 0.3 is 0 Å². The first-order chi connectivity index (χ1) is 9.06. The molecular weight excluding hydrogens is 270 g/mol. The highest BCUT2D eigenvalue weighted by Crippen LogP contribution is 2.20. The third-order valence-electron chi connectivity index (χ3n) is 2.61. The summed E-state index contributed by atoms with van der Waals surface area (Å²) >= 11 is 0. The second kappa shape index (κ2) is 6.03. The quantitative estimate of drug-likeness (QED) is 0.639. The number of rotatable bonds is 4. The van der Waals surface area contributed by atoms with Gasteiger partial charge in [0.1, 0.15) is 0 Å². The molecule has 0 saturated heterocycles. The lowest BCUT2D eigenvalue weighted by Gasteiger charge is -2.07. The van der Waals surface area contributed by atoms with E-state index >= 15 is 0 Å². The Balaban J connectivity index is 2.15. The van der Waals surface area contributed by atoms with Gasteiger partial charge in [-0.1, -0.05) is 30.3 Å². The van der Waals surface area contributed by atoms with Crippen LogP contribution in [-0.2, 0) is 4.43 Å². The van der Waals surface area contributed by atoms with Gasteiger partial charge in [0.05, 0.1) is 0 Å². The number of hydrogen-bond donors (Lipinski definition) is 2. The van der Waals surface area contributed by atoms with Crippen molar-refractivity contribution in [1.82, 2.24) is 0 Å². The summed E-state index contributed by atoms with van der Waals surface area (Å²) < 4.78 is 30.7. The molecule has 0 spiro atoms. The highest BCUT2D eigenvalue weighted by atomic mass is 28.2. The van der Waals surface area contributed by atoms with Gasteiger partial charge in [0.15, 0.2) is 21.4 Å². The van der Waals surface area contributed by atoms with Crippen LogP contribution in [0.3, 0.4) is 0 Å². The van der Waals surface area contributed by atoms with Crippen LogP contribution in [0.1, 0.15) is 0 Å². The molecule has 2 aromatic carbocycles. The standard InChI is InChI=1S/C13H12F2O3Si/c14-11-6-3-9(7-12(11)15)8-1-4-10(5-2-8)19-18-13(16)17/h1-7,13,16-17H,19H2. The van der Waals surface area contributed by atoms with Crippen molar-refractivity contribution in [2.75, 3.05) is 0 Å². The molecule has 0 bridgehead atoms. The minimum Gasteiger partial charge on any atom is -0.373 e. The molecule has 6 heteroatoms. The summed E-state index contributed by atoms with van der Waals surface area (Å²) in [4.78, 5) is 0. The zero-order chi connectivity index (χ0) is 13.8. The summed E-state index contributed by atoms with van der Waals surface area (Å²) in [6.45, 7) is -1.75. The third kappa shape index (κ3) is 3.68. The Bertz CT molecular complexity index is 558. The largest absolute Gasteiger partial charge is 0.373 e. The Morgan fingerprint density at radius 3 is 2.11 bits per heavy atom. The van der Waals surface area contributed by atoms with Gasteiger partial charge in [-0.25, -0.2) is 8.78 Å². The van der Waals surface area contributed by atoms with Gasteiger partial charge in [-0.3, -0.25) is 0 Å². The molecule has 0 amide bonds. The third-order valence-corrected chi connectivity index (χ3v) is 3.88. The number of benzene rings is 2. The molecule has 3 nitrogen and oxygen atoms in total.